The third-order valence-corrected chi connectivity index (χ3v) is 4.96. The second kappa shape index (κ2) is 5.72. The number of nitrogens with one attached hydrogen (secondary N) is 1. The Bertz CT molecular complexity index is 1200. The highest BCUT2D eigenvalue weighted by Gasteiger charge is 2.11. The van der Waals surface area contributed by atoms with Crippen LogP contribution >= 0.6 is 11.3 Å². The number of aromatic nitrogens is 3. The zero-order valence-electron chi connectivity index (χ0n) is 13.1. The van der Waals surface area contributed by atoms with Crippen LogP contribution < -0.4 is 0 Å². The lowest BCUT2D eigenvalue weighted by atomic mass is 10.1. The molecule has 0 atom stereocenters. The van der Waals surface area contributed by atoms with Crippen LogP contribution in [0.25, 0.3) is 44.9 Å². The molecule has 4 nitrogen and oxygen atoms in total. The van der Waals surface area contributed by atoms with Gasteiger partial charge in [-0.15, -0.1) is 11.3 Å². The first-order chi connectivity index (χ1) is 12.4. The van der Waals surface area contributed by atoms with Gasteiger partial charge in [-0.3, -0.25) is 5.10 Å². The first-order valence-corrected chi connectivity index (χ1v) is 8.81. The van der Waals surface area contributed by atoms with E-state index in [4.69, 9.17) is 4.42 Å². The molecule has 0 saturated carbocycles. The second-order valence-corrected chi connectivity index (χ2v) is 6.63. The van der Waals surface area contributed by atoms with E-state index >= 15 is 0 Å². The third-order valence-electron chi connectivity index (χ3n) is 4.10. The van der Waals surface area contributed by atoms with Gasteiger partial charge >= 0.3 is 0 Å². The summed E-state index contributed by atoms with van der Waals surface area (Å²) >= 11 is 1.62. The maximum absolute atomic E-state index is 6.02. The highest BCUT2D eigenvalue weighted by molar-refractivity contribution is 7.13. The average molecular weight is 343 g/mol. The lowest BCUT2D eigenvalue weighted by Crippen LogP contribution is -1.76. The van der Waals surface area contributed by atoms with Gasteiger partial charge < -0.3 is 4.42 Å². The Kier molecular flexibility index (Phi) is 3.24. The number of fused-ring (bicyclic) bond motifs is 2. The molecule has 0 saturated heterocycles. The molecule has 0 fully saturated rings. The number of para-hydroxylation sites is 2. The number of aromatic amines is 1. The lowest BCUT2D eigenvalue weighted by Gasteiger charge is -1.94. The maximum Gasteiger partial charge on any atom is 0.237 e. The molecule has 0 aliphatic carbocycles. The predicted molar refractivity (Wildman–Crippen MR) is 102 cm³/mol. The zero-order valence-corrected chi connectivity index (χ0v) is 14.0. The Balaban J connectivity index is 1.58. The number of hydrogen-bond acceptors (Lipinski definition) is 4. The Morgan fingerprint density at radius 2 is 1.92 bits per heavy atom. The zero-order chi connectivity index (χ0) is 16.6. The number of benzene rings is 2. The average Bonchev–Trinajstić information content (AvgIpc) is 3.38. The van der Waals surface area contributed by atoms with Crippen molar-refractivity contribution in [1.29, 1.82) is 0 Å². The summed E-state index contributed by atoms with van der Waals surface area (Å²) in [4.78, 5) is 5.63. The molecule has 0 aliphatic rings. The van der Waals surface area contributed by atoms with Gasteiger partial charge in [0.05, 0.1) is 16.1 Å². The minimum absolute atomic E-state index is 0.663. The van der Waals surface area contributed by atoms with Crippen LogP contribution in [0.5, 0.6) is 0 Å². The monoisotopic (exact) mass is 343 g/mol. The van der Waals surface area contributed by atoms with Gasteiger partial charge in [0.25, 0.3) is 0 Å². The predicted octanol–water partition coefficient (Wildman–Crippen LogP) is 5.60. The fourth-order valence-corrected chi connectivity index (χ4v) is 3.54. The van der Waals surface area contributed by atoms with E-state index in [1.165, 1.54) is 0 Å². The van der Waals surface area contributed by atoms with Gasteiger partial charge in [-0.2, -0.15) is 5.10 Å². The van der Waals surface area contributed by atoms with Crippen LogP contribution in [0.15, 0.2) is 64.4 Å². The SMILES string of the molecule is C(=Cc1cccc2nc(-c3cccs3)oc12)c1n[nH]c2ccccc12. The van der Waals surface area contributed by atoms with E-state index in [1.807, 2.05) is 66.1 Å². The van der Waals surface area contributed by atoms with Crippen LogP contribution in [0.2, 0.25) is 0 Å². The van der Waals surface area contributed by atoms with E-state index in [9.17, 15) is 0 Å². The molecule has 1 N–H and O–H groups in total. The van der Waals surface area contributed by atoms with Crippen LogP contribution in [0.3, 0.4) is 0 Å². The minimum atomic E-state index is 0.663. The molecule has 3 heterocycles. The van der Waals surface area contributed by atoms with Crippen molar-refractivity contribution in [3.63, 3.8) is 0 Å². The molecule has 5 aromatic rings. The van der Waals surface area contributed by atoms with E-state index in [0.717, 1.165) is 38.1 Å². The van der Waals surface area contributed by atoms with E-state index in [1.54, 1.807) is 11.3 Å². The summed E-state index contributed by atoms with van der Waals surface area (Å²) in [7, 11) is 0. The summed E-state index contributed by atoms with van der Waals surface area (Å²) in [5.41, 5.74) is 4.57. The van der Waals surface area contributed by atoms with E-state index in [-0.39, 0.29) is 0 Å². The normalized spacial score (nSPS) is 11.8. The van der Waals surface area contributed by atoms with Gasteiger partial charge in [-0.25, -0.2) is 4.98 Å². The molecule has 25 heavy (non-hydrogen) atoms. The summed E-state index contributed by atoms with van der Waals surface area (Å²) < 4.78 is 6.02. The van der Waals surface area contributed by atoms with E-state index < -0.39 is 0 Å². The summed E-state index contributed by atoms with van der Waals surface area (Å²) in [6.07, 6.45) is 4.02. The van der Waals surface area contributed by atoms with Crippen LogP contribution in [-0.4, -0.2) is 15.2 Å². The second-order valence-electron chi connectivity index (χ2n) is 5.68. The molecular formula is C20H13N3OS. The van der Waals surface area contributed by atoms with Crippen molar-refractivity contribution in [2.75, 3.05) is 0 Å². The van der Waals surface area contributed by atoms with Crippen LogP contribution in [0.4, 0.5) is 0 Å². The van der Waals surface area contributed by atoms with Gasteiger partial charge in [0.2, 0.25) is 5.89 Å². The van der Waals surface area contributed by atoms with Crippen molar-refractivity contribution in [2.24, 2.45) is 0 Å². The number of oxazole rings is 1. The highest BCUT2D eigenvalue weighted by atomic mass is 32.1. The molecule has 120 valence electrons. The fourth-order valence-electron chi connectivity index (χ4n) is 2.89. The summed E-state index contributed by atoms with van der Waals surface area (Å²) in [5, 5.41) is 10.5. The Labute approximate surface area is 147 Å². The fraction of sp³-hybridized carbons (Fsp3) is 0. The molecule has 5 heteroatoms. The van der Waals surface area contributed by atoms with Crippen molar-refractivity contribution >= 4 is 45.5 Å². The smallest absolute Gasteiger partial charge is 0.237 e. The molecule has 0 unspecified atom stereocenters. The molecule has 0 radical (unpaired) electrons. The van der Waals surface area contributed by atoms with Gasteiger partial charge in [0.1, 0.15) is 5.52 Å². The molecule has 3 aromatic heterocycles. The van der Waals surface area contributed by atoms with Crippen molar-refractivity contribution in [3.8, 4) is 10.8 Å². The van der Waals surface area contributed by atoms with Crippen LogP contribution in [0.1, 0.15) is 11.3 Å². The third kappa shape index (κ3) is 2.45. The van der Waals surface area contributed by atoms with Gasteiger partial charge in [-0.1, -0.05) is 36.4 Å². The van der Waals surface area contributed by atoms with Crippen LogP contribution in [0, 0.1) is 0 Å². The number of rotatable bonds is 3. The molecular weight excluding hydrogens is 330 g/mol. The summed E-state index contributed by atoms with van der Waals surface area (Å²) in [6.45, 7) is 0. The van der Waals surface area contributed by atoms with Crippen molar-refractivity contribution in [3.05, 3.63) is 71.2 Å². The number of H-pyrrole nitrogens is 1. The highest BCUT2D eigenvalue weighted by Crippen LogP contribution is 2.30. The molecule has 0 bridgehead atoms. The van der Waals surface area contributed by atoms with E-state index in [0.29, 0.717) is 5.89 Å². The quantitative estimate of drug-likeness (QED) is 0.464. The standard InChI is InChI=1S/C20H13N3OS/c1-2-7-15-14(6-1)16(23-22-15)11-10-13-5-3-8-17-19(13)24-20(21-17)18-9-4-12-25-18/h1-12H,(H,22,23). The lowest BCUT2D eigenvalue weighted by molar-refractivity contribution is 0.621. The maximum atomic E-state index is 6.02. The largest absolute Gasteiger partial charge is 0.435 e. The summed E-state index contributed by atoms with van der Waals surface area (Å²) in [5.74, 6) is 0.663. The van der Waals surface area contributed by atoms with E-state index in [2.05, 4.69) is 21.2 Å². The van der Waals surface area contributed by atoms with Crippen molar-refractivity contribution < 1.29 is 4.42 Å². The minimum Gasteiger partial charge on any atom is -0.435 e. The molecule has 0 aliphatic heterocycles. The Morgan fingerprint density at radius 3 is 2.84 bits per heavy atom. The number of thiophene rings is 1. The first kappa shape index (κ1) is 14.2. The molecule has 2 aromatic carbocycles. The number of nitrogens with zero attached hydrogens (tertiary/aromatic N) is 2. The van der Waals surface area contributed by atoms with Gasteiger partial charge in [0, 0.05) is 10.9 Å². The van der Waals surface area contributed by atoms with Gasteiger partial charge in [-0.05, 0) is 35.7 Å². The van der Waals surface area contributed by atoms with Crippen LogP contribution in [-0.2, 0) is 0 Å². The molecule has 5 rings (SSSR count). The Morgan fingerprint density at radius 1 is 0.960 bits per heavy atom. The van der Waals surface area contributed by atoms with Crippen molar-refractivity contribution in [1.82, 2.24) is 15.2 Å². The summed E-state index contributed by atoms with van der Waals surface area (Å²) in [6, 6.07) is 18.1. The topological polar surface area (TPSA) is 54.7 Å². The first-order valence-electron chi connectivity index (χ1n) is 7.93. The van der Waals surface area contributed by atoms with Gasteiger partial charge in [0.15, 0.2) is 5.58 Å². The Hall–Kier alpha value is -3.18. The van der Waals surface area contributed by atoms with Crippen molar-refractivity contribution in [2.45, 2.75) is 0 Å². The number of hydrogen-bond donors (Lipinski definition) is 1. The molecule has 0 spiro atoms. The molecule has 0 amide bonds.